The highest BCUT2D eigenvalue weighted by Crippen LogP contribution is 2.55. The summed E-state index contributed by atoms with van der Waals surface area (Å²) in [6.07, 6.45) is 3.93. The van der Waals surface area contributed by atoms with Crippen molar-refractivity contribution in [2.45, 2.75) is 39.2 Å². The van der Waals surface area contributed by atoms with E-state index in [1.54, 1.807) is 0 Å². The average Bonchev–Trinajstić information content (AvgIpc) is 2.93. The molecule has 1 aromatic rings. The van der Waals surface area contributed by atoms with Crippen molar-refractivity contribution in [1.29, 1.82) is 0 Å². The van der Waals surface area contributed by atoms with Crippen molar-refractivity contribution < 1.29 is 4.79 Å². The first kappa shape index (κ1) is 11.8. The first-order chi connectivity index (χ1) is 8.59. The van der Waals surface area contributed by atoms with Gasteiger partial charge in [-0.1, -0.05) is 32.0 Å². The molecule has 2 aliphatic carbocycles. The van der Waals surface area contributed by atoms with Gasteiger partial charge in [-0.3, -0.25) is 4.79 Å². The Kier molecular flexibility index (Phi) is 2.69. The van der Waals surface area contributed by atoms with Gasteiger partial charge in [0.05, 0.1) is 0 Å². The molecule has 18 heavy (non-hydrogen) atoms. The van der Waals surface area contributed by atoms with Crippen LogP contribution < -0.4 is 5.32 Å². The molecular weight excluding hydrogens is 222 g/mol. The minimum absolute atomic E-state index is 0.0845. The molecular formula is C16H21NO. The van der Waals surface area contributed by atoms with Gasteiger partial charge >= 0.3 is 0 Å². The molecule has 0 spiro atoms. The zero-order valence-corrected chi connectivity index (χ0v) is 11.1. The van der Waals surface area contributed by atoms with E-state index in [1.165, 1.54) is 19.3 Å². The Balaban J connectivity index is 1.76. The maximum Gasteiger partial charge on any atom is 0.251 e. The fourth-order valence-electron chi connectivity index (χ4n) is 3.97. The van der Waals surface area contributed by atoms with E-state index in [0.29, 0.717) is 12.0 Å². The van der Waals surface area contributed by atoms with Crippen LogP contribution in [0.3, 0.4) is 0 Å². The molecule has 2 fully saturated rings. The molecule has 0 heterocycles. The van der Waals surface area contributed by atoms with Gasteiger partial charge in [-0.25, -0.2) is 0 Å². The Morgan fingerprint density at radius 3 is 2.56 bits per heavy atom. The summed E-state index contributed by atoms with van der Waals surface area (Å²) in [5.74, 6) is 1.57. The molecule has 0 radical (unpaired) electrons. The minimum atomic E-state index is 0.0845. The van der Waals surface area contributed by atoms with E-state index in [0.717, 1.165) is 11.5 Å². The number of amides is 1. The van der Waals surface area contributed by atoms with Crippen molar-refractivity contribution in [2.24, 2.45) is 17.3 Å². The monoisotopic (exact) mass is 243 g/mol. The molecule has 96 valence electrons. The summed E-state index contributed by atoms with van der Waals surface area (Å²) in [5.41, 5.74) is 1.03. The molecule has 2 unspecified atom stereocenters. The van der Waals surface area contributed by atoms with Crippen LogP contribution in [0.1, 0.15) is 43.5 Å². The van der Waals surface area contributed by atoms with Gasteiger partial charge in [0.2, 0.25) is 0 Å². The number of hydrogen-bond donors (Lipinski definition) is 1. The van der Waals surface area contributed by atoms with Crippen molar-refractivity contribution in [3.63, 3.8) is 0 Å². The Morgan fingerprint density at radius 2 is 1.94 bits per heavy atom. The minimum Gasteiger partial charge on any atom is -0.348 e. The quantitative estimate of drug-likeness (QED) is 0.849. The second-order valence-corrected chi connectivity index (χ2v) is 6.41. The number of benzene rings is 1. The second kappa shape index (κ2) is 4.11. The van der Waals surface area contributed by atoms with Crippen LogP contribution in [-0.2, 0) is 0 Å². The number of carbonyl (C=O) groups is 1. The summed E-state index contributed by atoms with van der Waals surface area (Å²) in [7, 11) is 0. The van der Waals surface area contributed by atoms with Crippen LogP contribution in [0.4, 0.5) is 0 Å². The van der Waals surface area contributed by atoms with E-state index in [9.17, 15) is 4.79 Å². The molecule has 1 amide bonds. The summed E-state index contributed by atoms with van der Waals surface area (Å²) < 4.78 is 0. The second-order valence-electron chi connectivity index (χ2n) is 6.41. The van der Waals surface area contributed by atoms with Crippen LogP contribution in [0.5, 0.6) is 0 Å². The summed E-state index contributed by atoms with van der Waals surface area (Å²) in [6, 6.07) is 9.90. The molecule has 3 atom stereocenters. The SMILES string of the molecule is CC1(C)C2CCC(C2)[C@H]1NC(=O)c1ccccc1. The Morgan fingerprint density at radius 1 is 1.22 bits per heavy atom. The van der Waals surface area contributed by atoms with Crippen LogP contribution in [0.25, 0.3) is 0 Å². The number of hydrogen-bond acceptors (Lipinski definition) is 1. The molecule has 2 nitrogen and oxygen atoms in total. The maximum atomic E-state index is 12.3. The van der Waals surface area contributed by atoms with Crippen molar-refractivity contribution in [1.82, 2.24) is 5.32 Å². The maximum absolute atomic E-state index is 12.3. The van der Waals surface area contributed by atoms with Gasteiger partial charge in [-0.05, 0) is 48.6 Å². The van der Waals surface area contributed by atoms with E-state index in [2.05, 4.69) is 19.2 Å². The third-order valence-corrected chi connectivity index (χ3v) is 5.12. The highest BCUT2D eigenvalue weighted by atomic mass is 16.1. The highest BCUT2D eigenvalue weighted by Gasteiger charge is 2.53. The van der Waals surface area contributed by atoms with Crippen molar-refractivity contribution >= 4 is 5.91 Å². The topological polar surface area (TPSA) is 29.1 Å². The highest BCUT2D eigenvalue weighted by molar-refractivity contribution is 5.94. The Hall–Kier alpha value is -1.31. The van der Waals surface area contributed by atoms with E-state index >= 15 is 0 Å². The average molecular weight is 243 g/mol. The normalized spacial score (nSPS) is 32.4. The molecule has 0 saturated heterocycles. The van der Waals surface area contributed by atoms with Crippen LogP contribution in [0.15, 0.2) is 30.3 Å². The molecule has 2 aliphatic rings. The van der Waals surface area contributed by atoms with Gasteiger partial charge in [0, 0.05) is 11.6 Å². The molecule has 1 aromatic carbocycles. The summed E-state index contributed by atoms with van der Waals surface area (Å²) >= 11 is 0. The van der Waals surface area contributed by atoms with Crippen molar-refractivity contribution in [2.75, 3.05) is 0 Å². The summed E-state index contributed by atoms with van der Waals surface area (Å²) in [6.45, 7) is 4.62. The van der Waals surface area contributed by atoms with Crippen molar-refractivity contribution in [3.8, 4) is 0 Å². The third kappa shape index (κ3) is 1.75. The number of rotatable bonds is 2. The molecule has 2 bridgehead atoms. The third-order valence-electron chi connectivity index (χ3n) is 5.12. The predicted molar refractivity (Wildman–Crippen MR) is 72.3 cm³/mol. The number of carbonyl (C=O) groups excluding carboxylic acids is 1. The zero-order chi connectivity index (χ0) is 12.8. The van der Waals surface area contributed by atoms with Gasteiger partial charge < -0.3 is 5.32 Å². The lowest BCUT2D eigenvalue weighted by atomic mass is 9.73. The van der Waals surface area contributed by atoms with E-state index < -0.39 is 0 Å². The molecule has 1 N–H and O–H groups in total. The van der Waals surface area contributed by atoms with Gasteiger partial charge in [0.25, 0.3) is 5.91 Å². The van der Waals surface area contributed by atoms with Gasteiger partial charge in [-0.15, -0.1) is 0 Å². The van der Waals surface area contributed by atoms with E-state index in [4.69, 9.17) is 0 Å². The number of fused-ring (bicyclic) bond motifs is 2. The molecule has 2 saturated carbocycles. The van der Waals surface area contributed by atoms with Crippen molar-refractivity contribution in [3.05, 3.63) is 35.9 Å². The predicted octanol–water partition coefficient (Wildman–Crippen LogP) is 3.24. The Labute approximate surface area is 109 Å². The summed E-state index contributed by atoms with van der Waals surface area (Å²) in [5, 5.41) is 3.28. The summed E-state index contributed by atoms with van der Waals surface area (Å²) in [4.78, 5) is 12.3. The van der Waals surface area contributed by atoms with E-state index in [-0.39, 0.29) is 11.3 Å². The van der Waals surface area contributed by atoms with Crippen LogP contribution in [0, 0.1) is 17.3 Å². The molecule has 3 rings (SSSR count). The lowest BCUT2D eigenvalue weighted by Gasteiger charge is -2.38. The first-order valence-electron chi connectivity index (χ1n) is 6.95. The standard InChI is InChI=1S/C16H21NO/c1-16(2)13-9-8-12(10-13)14(16)17-15(18)11-6-4-3-5-7-11/h3-7,12-14H,8-10H2,1-2H3,(H,17,18)/t12?,13?,14-/m1/s1. The Bertz CT molecular complexity index is 451. The largest absolute Gasteiger partial charge is 0.348 e. The lowest BCUT2D eigenvalue weighted by Crippen LogP contribution is -2.48. The fraction of sp³-hybridized carbons (Fsp3) is 0.562. The smallest absolute Gasteiger partial charge is 0.251 e. The zero-order valence-electron chi connectivity index (χ0n) is 11.1. The van der Waals surface area contributed by atoms with Gasteiger partial charge in [0.1, 0.15) is 0 Å². The number of nitrogens with one attached hydrogen (secondary N) is 1. The first-order valence-corrected chi connectivity index (χ1v) is 6.95. The van der Waals surface area contributed by atoms with Gasteiger partial charge in [0.15, 0.2) is 0 Å². The van der Waals surface area contributed by atoms with Gasteiger partial charge in [-0.2, -0.15) is 0 Å². The van der Waals surface area contributed by atoms with Crippen LogP contribution >= 0.6 is 0 Å². The molecule has 0 aliphatic heterocycles. The lowest BCUT2D eigenvalue weighted by molar-refractivity contribution is 0.0837. The fourth-order valence-corrected chi connectivity index (χ4v) is 3.97. The van der Waals surface area contributed by atoms with E-state index in [1.807, 2.05) is 30.3 Å². The molecule has 0 aromatic heterocycles. The van der Waals surface area contributed by atoms with Crippen LogP contribution in [-0.4, -0.2) is 11.9 Å². The molecule has 2 heteroatoms. The van der Waals surface area contributed by atoms with Crippen LogP contribution in [0.2, 0.25) is 0 Å².